The maximum absolute atomic E-state index is 12.0. The van der Waals surface area contributed by atoms with Crippen LogP contribution in [0.5, 0.6) is 0 Å². The van der Waals surface area contributed by atoms with E-state index >= 15 is 0 Å². The highest BCUT2D eigenvalue weighted by atomic mass is 16.6. The number of carbonyl (C=O) groups is 1. The van der Waals surface area contributed by atoms with Crippen molar-refractivity contribution in [2.45, 2.75) is 64.5 Å². The molecule has 1 aliphatic carbocycles. The minimum atomic E-state index is -0.427. The first-order valence-electron chi connectivity index (χ1n) is 9.79. The third-order valence-electron chi connectivity index (χ3n) is 5.72. The number of anilines is 2. The van der Waals surface area contributed by atoms with E-state index < -0.39 is 10.9 Å². The Morgan fingerprint density at radius 2 is 1.65 bits per heavy atom. The standard InChI is InChI=1S/C19H29N3O4/c1-3-26-19(25)22-10-8-13(9-11-22)20-15-16(18(24)17(15)23)21-14-7-5-4-6-12(14)2/h12-14,20-21H,3-11H2,1-2H3/t12-,14-/m0/s1. The summed E-state index contributed by atoms with van der Waals surface area (Å²) in [6.07, 6.45) is 5.77. The van der Waals surface area contributed by atoms with Crippen LogP contribution in [0.2, 0.25) is 0 Å². The highest BCUT2D eigenvalue weighted by molar-refractivity contribution is 5.74. The van der Waals surface area contributed by atoms with Crippen molar-refractivity contribution in [1.29, 1.82) is 0 Å². The number of likely N-dealkylation sites (tertiary alicyclic amines) is 1. The van der Waals surface area contributed by atoms with E-state index in [1.165, 1.54) is 6.42 Å². The van der Waals surface area contributed by atoms with Crippen molar-refractivity contribution in [3.63, 3.8) is 0 Å². The van der Waals surface area contributed by atoms with Crippen molar-refractivity contribution < 1.29 is 9.53 Å². The summed E-state index contributed by atoms with van der Waals surface area (Å²) < 4.78 is 5.02. The normalized spacial score (nSPS) is 24.5. The maximum Gasteiger partial charge on any atom is 0.409 e. The molecule has 0 aromatic heterocycles. The van der Waals surface area contributed by atoms with Crippen molar-refractivity contribution in [2.75, 3.05) is 30.3 Å². The zero-order chi connectivity index (χ0) is 18.7. The van der Waals surface area contributed by atoms with Gasteiger partial charge in [0.2, 0.25) is 0 Å². The summed E-state index contributed by atoms with van der Waals surface area (Å²) in [6.45, 7) is 5.54. The predicted molar refractivity (Wildman–Crippen MR) is 102 cm³/mol. The highest BCUT2D eigenvalue weighted by Gasteiger charge is 2.30. The second kappa shape index (κ2) is 8.10. The Labute approximate surface area is 153 Å². The summed E-state index contributed by atoms with van der Waals surface area (Å²) in [4.78, 5) is 37.5. The molecule has 2 aliphatic rings. The van der Waals surface area contributed by atoms with Gasteiger partial charge in [-0.15, -0.1) is 0 Å². The first kappa shape index (κ1) is 18.7. The number of nitrogens with zero attached hydrogens (tertiary/aromatic N) is 1. The molecule has 2 N–H and O–H groups in total. The molecule has 3 rings (SSSR count). The van der Waals surface area contributed by atoms with Gasteiger partial charge in [0, 0.05) is 25.2 Å². The minimum absolute atomic E-state index is 0.0910. The number of nitrogens with one attached hydrogen (secondary N) is 2. The molecule has 0 unspecified atom stereocenters. The van der Waals surface area contributed by atoms with Crippen LogP contribution in [0, 0.1) is 5.92 Å². The van der Waals surface area contributed by atoms with E-state index in [9.17, 15) is 14.4 Å². The van der Waals surface area contributed by atoms with E-state index in [1.54, 1.807) is 11.8 Å². The van der Waals surface area contributed by atoms with Gasteiger partial charge in [-0.25, -0.2) is 4.79 Å². The van der Waals surface area contributed by atoms with Crippen LogP contribution in [-0.2, 0) is 4.74 Å². The number of carbonyl (C=O) groups excluding carboxylic acids is 1. The quantitative estimate of drug-likeness (QED) is 0.781. The molecule has 1 amide bonds. The van der Waals surface area contributed by atoms with Crippen molar-refractivity contribution in [3.05, 3.63) is 20.4 Å². The average molecular weight is 363 g/mol. The number of piperidine rings is 1. The number of hydrogen-bond donors (Lipinski definition) is 2. The molecule has 0 bridgehead atoms. The summed E-state index contributed by atoms with van der Waals surface area (Å²) in [5.74, 6) is 0.508. The van der Waals surface area contributed by atoms with E-state index in [2.05, 4.69) is 17.6 Å². The van der Waals surface area contributed by atoms with Crippen molar-refractivity contribution in [3.8, 4) is 0 Å². The Morgan fingerprint density at radius 1 is 1.04 bits per heavy atom. The molecule has 1 heterocycles. The molecule has 1 aliphatic heterocycles. The summed E-state index contributed by atoms with van der Waals surface area (Å²) in [5, 5.41) is 6.58. The summed E-state index contributed by atoms with van der Waals surface area (Å²) >= 11 is 0. The van der Waals surface area contributed by atoms with Gasteiger partial charge >= 0.3 is 6.09 Å². The largest absolute Gasteiger partial charge is 0.450 e. The van der Waals surface area contributed by atoms with Crippen LogP contribution < -0.4 is 21.5 Å². The van der Waals surface area contributed by atoms with E-state index in [1.807, 2.05) is 0 Å². The minimum Gasteiger partial charge on any atom is -0.450 e. The van der Waals surface area contributed by atoms with Crippen LogP contribution in [0.25, 0.3) is 0 Å². The third kappa shape index (κ3) is 3.86. The first-order valence-corrected chi connectivity index (χ1v) is 9.79. The second-order valence-corrected chi connectivity index (χ2v) is 7.53. The predicted octanol–water partition coefficient (Wildman–Crippen LogP) is 2.31. The van der Waals surface area contributed by atoms with Crippen molar-refractivity contribution in [2.24, 2.45) is 5.92 Å². The number of hydrogen-bond acceptors (Lipinski definition) is 6. The van der Waals surface area contributed by atoms with Gasteiger partial charge < -0.3 is 20.3 Å². The smallest absolute Gasteiger partial charge is 0.409 e. The molecule has 1 saturated carbocycles. The molecule has 1 saturated heterocycles. The van der Waals surface area contributed by atoms with Crippen LogP contribution >= 0.6 is 0 Å². The lowest BCUT2D eigenvalue weighted by molar-refractivity contribution is 0.0983. The molecule has 0 spiro atoms. The van der Waals surface area contributed by atoms with E-state index in [0.717, 1.165) is 32.1 Å². The maximum atomic E-state index is 12.0. The van der Waals surface area contributed by atoms with E-state index in [-0.39, 0.29) is 18.2 Å². The molecule has 7 nitrogen and oxygen atoms in total. The molecular formula is C19H29N3O4. The van der Waals surface area contributed by atoms with Gasteiger partial charge in [0.15, 0.2) is 0 Å². The summed E-state index contributed by atoms with van der Waals surface area (Å²) in [6, 6.07) is 0.353. The number of rotatable bonds is 5. The number of ether oxygens (including phenoxy) is 1. The van der Waals surface area contributed by atoms with Gasteiger partial charge in [0.05, 0.1) is 6.61 Å². The monoisotopic (exact) mass is 363 g/mol. The third-order valence-corrected chi connectivity index (χ3v) is 5.72. The Kier molecular flexibility index (Phi) is 5.84. The Balaban J connectivity index is 1.58. The van der Waals surface area contributed by atoms with Crippen LogP contribution in [-0.4, -0.2) is 42.8 Å². The van der Waals surface area contributed by atoms with Crippen LogP contribution in [0.15, 0.2) is 9.59 Å². The number of amides is 1. The van der Waals surface area contributed by atoms with Crippen molar-refractivity contribution in [1.82, 2.24) is 4.90 Å². The first-order chi connectivity index (χ1) is 12.5. The van der Waals surface area contributed by atoms with E-state index in [0.29, 0.717) is 37.0 Å². The van der Waals surface area contributed by atoms with Crippen LogP contribution in [0.3, 0.4) is 0 Å². The SMILES string of the molecule is CCOC(=O)N1CCC(Nc2c(N[C@H]3CCCC[C@@H]3C)c(=O)c2=O)CC1. The topological polar surface area (TPSA) is 87.7 Å². The summed E-state index contributed by atoms with van der Waals surface area (Å²) in [5.41, 5.74) is 0.0574. The van der Waals surface area contributed by atoms with Crippen LogP contribution in [0.1, 0.15) is 52.4 Å². The summed E-state index contributed by atoms with van der Waals surface area (Å²) in [7, 11) is 0. The lowest BCUT2D eigenvalue weighted by Gasteiger charge is -2.34. The Bertz CT molecular complexity index is 702. The molecule has 2 atom stereocenters. The lowest BCUT2D eigenvalue weighted by atomic mass is 9.85. The Morgan fingerprint density at radius 3 is 2.27 bits per heavy atom. The van der Waals surface area contributed by atoms with Gasteiger partial charge in [0.1, 0.15) is 11.4 Å². The van der Waals surface area contributed by atoms with Gasteiger partial charge in [-0.2, -0.15) is 0 Å². The van der Waals surface area contributed by atoms with Gasteiger partial charge in [0.25, 0.3) is 10.9 Å². The molecule has 7 heteroatoms. The fraction of sp³-hybridized carbons (Fsp3) is 0.737. The highest BCUT2D eigenvalue weighted by Crippen LogP contribution is 2.28. The van der Waals surface area contributed by atoms with Gasteiger partial charge in [-0.05, 0) is 38.5 Å². The lowest BCUT2D eigenvalue weighted by Crippen LogP contribution is -2.46. The molecule has 1 aromatic rings. The molecule has 26 heavy (non-hydrogen) atoms. The molecule has 0 radical (unpaired) electrons. The van der Waals surface area contributed by atoms with Gasteiger partial charge in [-0.1, -0.05) is 19.8 Å². The fourth-order valence-corrected chi connectivity index (χ4v) is 4.01. The molecule has 1 aromatic carbocycles. The Hall–Kier alpha value is -2.05. The van der Waals surface area contributed by atoms with Crippen molar-refractivity contribution >= 4 is 17.5 Å². The molecule has 144 valence electrons. The second-order valence-electron chi connectivity index (χ2n) is 7.53. The zero-order valence-electron chi connectivity index (χ0n) is 15.7. The van der Waals surface area contributed by atoms with Gasteiger partial charge in [-0.3, -0.25) is 9.59 Å². The average Bonchev–Trinajstić information content (AvgIpc) is 2.66. The zero-order valence-corrected chi connectivity index (χ0v) is 15.7. The van der Waals surface area contributed by atoms with E-state index in [4.69, 9.17) is 4.74 Å². The molecular weight excluding hydrogens is 334 g/mol. The fourth-order valence-electron chi connectivity index (χ4n) is 4.01. The van der Waals surface area contributed by atoms with Crippen LogP contribution in [0.4, 0.5) is 16.2 Å². The molecule has 2 fully saturated rings.